The minimum Gasteiger partial charge on any atom is -0.399 e. The lowest BCUT2D eigenvalue weighted by Crippen LogP contribution is -2.11. The first kappa shape index (κ1) is 14.5. The fraction of sp³-hybridized carbons (Fsp3) is 0.357. The molecule has 0 aliphatic heterocycles. The van der Waals surface area contributed by atoms with Crippen LogP contribution in [0.3, 0.4) is 0 Å². The molecule has 0 aliphatic carbocycles. The van der Waals surface area contributed by atoms with Gasteiger partial charge in [-0.2, -0.15) is 0 Å². The first-order chi connectivity index (χ1) is 9.69. The highest BCUT2D eigenvalue weighted by atomic mass is 32.1. The second-order valence-electron chi connectivity index (χ2n) is 4.54. The van der Waals surface area contributed by atoms with Crippen LogP contribution in [0.4, 0.5) is 10.8 Å². The Kier molecular flexibility index (Phi) is 5.06. The van der Waals surface area contributed by atoms with Crippen LogP contribution in [0.15, 0.2) is 24.3 Å². The number of nitrogens with two attached hydrogens (primary N) is 1. The smallest absolute Gasteiger partial charge is 0.257 e. The molecule has 0 bridgehead atoms. The van der Waals surface area contributed by atoms with Crippen molar-refractivity contribution in [2.24, 2.45) is 0 Å². The number of nitrogen functional groups attached to an aromatic ring is 1. The number of amides is 1. The summed E-state index contributed by atoms with van der Waals surface area (Å²) >= 11 is 1.43. The Balaban J connectivity index is 1.94. The van der Waals surface area contributed by atoms with E-state index in [9.17, 15) is 4.79 Å². The van der Waals surface area contributed by atoms with Gasteiger partial charge in [0.2, 0.25) is 5.13 Å². The topological polar surface area (TPSA) is 80.9 Å². The van der Waals surface area contributed by atoms with Gasteiger partial charge < -0.3 is 5.73 Å². The first-order valence-electron chi connectivity index (χ1n) is 6.68. The predicted molar refractivity (Wildman–Crippen MR) is 81.9 cm³/mol. The number of hydrogen-bond acceptors (Lipinski definition) is 5. The maximum absolute atomic E-state index is 12.0. The number of aryl methyl sites for hydroxylation is 1. The molecule has 3 N–H and O–H groups in total. The van der Waals surface area contributed by atoms with Gasteiger partial charge in [0.05, 0.1) is 0 Å². The van der Waals surface area contributed by atoms with Gasteiger partial charge in [0.25, 0.3) is 5.91 Å². The number of rotatable bonds is 6. The van der Waals surface area contributed by atoms with Crippen molar-refractivity contribution in [3.8, 4) is 0 Å². The molecule has 0 radical (unpaired) electrons. The van der Waals surface area contributed by atoms with Crippen molar-refractivity contribution in [3.63, 3.8) is 0 Å². The summed E-state index contributed by atoms with van der Waals surface area (Å²) in [6.07, 6.45) is 4.39. The number of aromatic nitrogens is 2. The van der Waals surface area contributed by atoms with E-state index >= 15 is 0 Å². The molecule has 6 heteroatoms. The van der Waals surface area contributed by atoms with E-state index in [1.165, 1.54) is 24.2 Å². The first-order valence-corrected chi connectivity index (χ1v) is 7.50. The third-order valence-corrected chi connectivity index (χ3v) is 3.73. The van der Waals surface area contributed by atoms with Crippen molar-refractivity contribution < 1.29 is 4.79 Å². The number of benzene rings is 1. The zero-order valence-electron chi connectivity index (χ0n) is 11.4. The minimum absolute atomic E-state index is 0.214. The zero-order chi connectivity index (χ0) is 14.4. The summed E-state index contributed by atoms with van der Waals surface area (Å²) < 4.78 is 0. The van der Waals surface area contributed by atoms with E-state index in [4.69, 9.17) is 5.73 Å². The molecule has 1 heterocycles. The maximum atomic E-state index is 12.0. The molecular weight excluding hydrogens is 272 g/mol. The summed E-state index contributed by atoms with van der Waals surface area (Å²) in [5, 5.41) is 12.3. The van der Waals surface area contributed by atoms with Gasteiger partial charge in [-0.1, -0.05) is 37.2 Å². The van der Waals surface area contributed by atoms with Crippen molar-refractivity contribution in [1.29, 1.82) is 0 Å². The number of anilines is 2. The lowest BCUT2D eigenvalue weighted by atomic mass is 10.2. The quantitative estimate of drug-likeness (QED) is 0.632. The van der Waals surface area contributed by atoms with Gasteiger partial charge in [0.15, 0.2) is 0 Å². The summed E-state index contributed by atoms with van der Waals surface area (Å²) in [6, 6.07) is 6.85. The van der Waals surface area contributed by atoms with Crippen LogP contribution in [0, 0.1) is 0 Å². The zero-order valence-corrected chi connectivity index (χ0v) is 12.2. The van der Waals surface area contributed by atoms with Crippen molar-refractivity contribution in [1.82, 2.24) is 10.2 Å². The van der Waals surface area contributed by atoms with Crippen LogP contribution in [0.5, 0.6) is 0 Å². The molecule has 1 aromatic carbocycles. The monoisotopic (exact) mass is 290 g/mol. The van der Waals surface area contributed by atoms with E-state index in [-0.39, 0.29) is 5.91 Å². The Hall–Kier alpha value is -1.95. The molecule has 2 aromatic rings. The third kappa shape index (κ3) is 4.03. The Morgan fingerprint density at radius 3 is 2.95 bits per heavy atom. The van der Waals surface area contributed by atoms with Gasteiger partial charge in [-0.15, -0.1) is 10.2 Å². The number of hydrogen-bond donors (Lipinski definition) is 2. The Labute approximate surface area is 122 Å². The number of nitrogens with zero attached hydrogens (tertiary/aromatic N) is 2. The van der Waals surface area contributed by atoms with E-state index < -0.39 is 0 Å². The molecule has 0 atom stereocenters. The molecule has 106 valence electrons. The summed E-state index contributed by atoms with van der Waals surface area (Å²) in [4.78, 5) is 12.0. The number of carbonyl (C=O) groups is 1. The molecule has 2 rings (SSSR count). The lowest BCUT2D eigenvalue weighted by molar-refractivity contribution is 0.102. The largest absolute Gasteiger partial charge is 0.399 e. The molecule has 0 spiro atoms. The van der Waals surface area contributed by atoms with Crippen LogP contribution in [0.25, 0.3) is 0 Å². The summed E-state index contributed by atoms with van der Waals surface area (Å²) in [5.74, 6) is -0.214. The number of nitrogens with one attached hydrogen (secondary N) is 1. The van der Waals surface area contributed by atoms with E-state index in [2.05, 4.69) is 22.4 Å². The van der Waals surface area contributed by atoms with Crippen molar-refractivity contribution in [3.05, 3.63) is 34.8 Å². The highest BCUT2D eigenvalue weighted by molar-refractivity contribution is 7.15. The average molecular weight is 290 g/mol. The molecule has 1 amide bonds. The third-order valence-electron chi connectivity index (χ3n) is 2.83. The van der Waals surface area contributed by atoms with Gasteiger partial charge in [-0.3, -0.25) is 10.1 Å². The highest BCUT2D eigenvalue weighted by Gasteiger charge is 2.10. The molecule has 0 aliphatic rings. The van der Waals surface area contributed by atoms with Gasteiger partial charge in [-0.25, -0.2) is 0 Å². The molecule has 0 saturated heterocycles. The highest BCUT2D eigenvalue weighted by Crippen LogP contribution is 2.18. The SMILES string of the molecule is CCCCCc1nnc(NC(=O)c2cccc(N)c2)s1. The van der Waals surface area contributed by atoms with E-state index in [1.54, 1.807) is 24.3 Å². The average Bonchev–Trinajstić information content (AvgIpc) is 2.86. The van der Waals surface area contributed by atoms with Crippen LogP contribution < -0.4 is 11.1 Å². The number of unbranched alkanes of at least 4 members (excludes halogenated alkanes) is 2. The molecule has 20 heavy (non-hydrogen) atoms. The molecule has 5 nitrogen and oxygen atoms in total. The van der Waals surface area contributed by atoms with Gasteiger partial charge in [0, 0.05) is 17.7 Å². The molecular formula is C14H18N4OS. The van der Waals surface area contributed by atoms with Crippen molar-refractivity contribution >= 4 is 28.1 Å². The second kappa shape index (κ2) is 7.00. The Bertz CT molecular complexity index is 582. The minimum atomic E-state index is -0.214. The Morgan fingerprint density at radius 2 is 2.20 bits per heavy atom. The van der Waals surface area contributed by atoms with Gasteiger partial charge >= 0.3 is 0 Å². The summed E-state index contributed by atoms with van der Waals surface area (Å²) in [5.41, 5.74) is 6.74. The Morgan fingerprint density at radius 1 is 1.35 bits per heavy atom. The van der Waals surface area contributed by atoms with E-state index in [0.717, 1.165) is 17.8 Å². The standard InChI is InChI=1S/C14H18N4OS/c1-2-3-4-8-12-17-18-14(20-12)16-13(19)10-6-5-7-11(15)9-10/h5-7,9H,2-4,8,15H2,1H3,(H,16,18,19). The maximum Gasteiger partial charge on any atom is 0.257 e. The van der Waals surface area contributed by atoms with Gasteiger partial charge in [-0.05, 0) is 24.6 Å². The van der Waals surface area contributed by atoms with Crippen LogP contribution in [-0.2, 0) is 6.42 Å². The molecule has 1 aromatic heterocycles. The second-order valence-corrected chi connectivity index (χ2v) is 5.60. The van der Waals surface area contributed by atoms with Crippen LogP contribution in [0.1, 0.15) is 41.6 Å². The van der Waals surface area contributed by atoms with Crippen molar-refractivity contribution in [2.45, 2.75) is 32.6 Å². The number of carbonyl (C=O) groups excluding carboxylic acids is 1. The lowest BCUT2D eigenvalue weighted by Gasteiger charge is -2.01. The van der Waals surface area contributed by atoms with Crippen molar-refractivity contribution in [2.75, 3.05) is 11.1 Å². The van der Waals surface area contributed by atoms with E-state index in [0.29, 0.717) is 16.4 Å². The van der Waals surface area contributed by atoms with Crippen LogP contribution in [0.2, 0.25) is 0 Å². The molecule has 0 saturated carbocycles. The van der Waals surface area contributed by atoms with Crippen LogP contribution >= 0.6 is 11.3 Å². The van der Waals surface area contributed by atoms with Crippen LogP contribution in [-0.4, -0.2) is 16.1 Å². The fourth-order valence-electron chi connectivity index (χ4n) is 1.78. The molecule has 0 unspecified atom stereocenters. The summed E-state index contributed by atoms with van der Waals surface area (Å²) in [6.45, 7) is 2.16. The predicted octanol–water partition coefficient (Wildman–Crippen LogP) is 3.11. The molecule has 0 fully saturated rings. The summed E-state index contributed by atoms with van der Waals surface area (Å²) in [7, 11) is 0. The van der Waals surface area contributed by atoms with E-state index in [1.807, 2.05) is 0 Å². The fourth-order valence-corrected chi connectivity index (χ4v) is 2.56. The van der Waals surface area contributed by atoms with Gasteiger partial charge in [0.1, 0.15) is 5.01 Å². The normalized spacial score (nSPS) is 10.4.